The highest BCUT2D eigenvalue weighted by Gasteiger charge is 2.43. The summed E-state index contributed by atoms with van der Waals surface area (Å²) in [6.07, 6.45) is -0.0770. The molecule has 0 N–H and O–H groups in total. The molecule has 0 aliphatic carbocycles. The molecule has 2 aliphatic heterocycles. The summed E-state index contributed by atoms with van der Waals surface area (Å²) in [5.41, 5.74) is 1.69. The van der Waals surface area contributed by atoms with Gasteiger partial charge in [0.2, 0.25) is 11.8 Å². The quantitative estimate of drug-likeness (QED) is 0.773. The standard InChI is InChI=1S/C18H22N4O3/c1-20(2)17(23)11-22-15-9-21(10-16(15)25-12-18(22)24)8-14-5-3-4-13(6-14)7-19/h3-6,15-16H,8-12H2,1-2H3/t15-,16-/m1/s1. The maximum Gasteiger partial charge on any atom is 0.249 e. The second-order valence-corrected chi connectivity index (χ2v) is 6.73. The van der Waals surface area contributed by atoms with Gasteiger partial charge in [-0.25, -0.2) is 0 Å². The van der Waals surface area contributed by atoms with Crippen molar-refractivity contribution in [2.24, 2.45) is 0 Å². The Hall–Kier alpha value is -2.43. The van der Waals surface area contributed by atoms with Crippen molar-refractivity contribution in [2.75, 3.05) is 40.3 Å². The van der Waals surface area contributed by atoms with Crippen LogP contribution in [0.25, 0.3) is 0 Å². The predicted octanol–water partition coefficient (Wildman–Crippen LogP) is 0.0581. The van der Waals surface area contributed by atoms with Crippen LogP contribution in [0.5, 0.6) is 0 Å². The van der Waals surface area contributed by atoms with E-state index in [1.54, 1.807) is 25.1 Å². The lowest BCUT2D eigenvalue weighted by Gasteiger charge is -2.36. The Morgan fingerprint density at radius 2 is 2.20 bits per heavy atom. The predicted molar refractivity (Wildman–Crippen MR) is 90.4 cm³/mol. The van der Waals surface area contributed by atoms with E-state index in [2.05, 4.69) is 11.0 Å². The highest BCUT2D eigenvalue weighted by atomic mass is 16.5. The fourth-order valence-electron chi connectivity index (χ4n) is 3.36. The summed E-state index contributed by atoms with van der Waals surface area (Å²) in [6.45, 7) is 2.18. The summed E-state index contributed by atoms with van der Waals surface area (Å²) in [7, 11) is 3.38. The number of ether oxygens (including phenoxy) is 1. The number of rotatable bonds is 4. The molecular weight excluding hydrogens is 320 g/mol. The Balaban J connectivity index is 1.69. The van der Waals surface area contributed by atoms with Crippen molar-refractivity contribution in [2.45, 2.75) is 18.7 Å². The monoisotopic (exact) mass is 342 g/mol. The lowest BCUT2D eigenvalue weighted by Crippen LogP contribution is -2.56. The van der Waals surface area contributed by atoms with Crippen LogP contribution in [0.3, 0.4) is 0 Å². The average molecular weight is 342 g/mol. The summed E-state index contributed by atoms with van der Waals surface area (Å²) in [5, 5.41) is 9.02. The molecule has 2 fully saturated rings. The lowest BCUT2D eigenvalue weighted by atomic mass is 10.1. The van der Waals surface area contributed by atoms with E-state index in [0.717, 1.165) is 5.56 Å². The van der Waals surface area contributed by atoms with Crippen LogP contribution in [-0.2, 0) is 20.9 Å². The van der Waals surface area contributed by atoms with Crippen LogP contribution >= 0.6 is 0 Å². The largest absolute Gasteiger partial charge is 0.365 e. The topological polar surface area (TPSA) is 76.9 Å². The zero-order valence-corrected chi connectivity index (χ0v) is 14.5. The van der Waals surface area contributed by atoms with Crippen LogP contribution in [0.2, 0.25) is 0 Å². The number of nitriles is 1. The van der Waals surface area contributed by atoms with Gasteiger partial charge in [-0.3, -0.25) is 14.5 Å². The average Bonchev–Trinajstić information content (AvgIpc) is 3.00. The highest BCUT2D eigenvalue weighted by Crippen LogP contribution is 2.25. The third-order valence-electron chi connectivity index (χ3n) is 4.72. The molecule has 0 spiro atoms. The first-order chi connectivity index (χ1) is 12.0. The summed E-state index contributed by atoms with van der Waals surface area (Å²) >= 11 is 0. The van der Waals surface area contributed by atoms with Gasteiger partial charge in [0.25, 0.3) is 0 Å². The summed E-state index contributed by atoms with van der Waals surface area (Å²) in [4.78, 5) is 29.6. The number of benzene rings is 1. The molecule has 7 heteroatoms. The minimum atomic E-state index is -0.134. The molecule has 0 aromatic heterocycles. The van der Waals surface area contributed by atoms with Crippen molar-refractivity contribution in [3.05, 3.63) is 35.4 Å². The fraction of sp³-hybridized carbons (Fsp3) is 0.500. The number of carbonyl (C=O) groups excluding carboxylic acids is 2. The molecule has 132 valence electrons. The molecular formula is C18H22N4O3. The van der Waals surface area contributed by atoms with Crippen molar-refractivity contribution in [3.63, 3.8) is 0 Å². The highest BCUT2D eigenvalue weighted by molar-refractivity contribution is 5.86. The van der Waals surface area contributed by atoms with Gasteiger partial charge in [0.05, 0.1) is 23.8 Å². The number of hydrogen-bond acceptors (Lipinski definition) is 5. The lowest BCUT2D eigenvalue weighted by molar-refractivity contribution is -0.156. The van der Waals surface area contributed by atoms with Gasteiger partial charge in [-0.1, -0.05) is 12.1 Å². The number of fused-ring (bicyclic) bond motifs is 1. The fourth-order valence-corrected chi connectivity index (χ4v) is 3.36. The Morgan fingerprint density at radius 1 is 1.40 bits per heavy atom. The van der Waals surface area contributed by atoms with Gasteiger partial charge in [0.15, 0.2) is 0 Å². The molecule has 1 aromatic rings. The van der Waals surface area contributed by atoms with E-state index < -0.39 is 0 Å². The molecule has 2 aliphatic rings. The van der Waals surface area contributed by atoms with E-state index in [1.165, 1.54) is 4.90 Å². The molecule has 0 radical (unpaired) electrons. The van der Waals surface area contributed by atoms with Crippen LogP contribution in [0, 0.1) is 11.3 Å². The van der Waals surface area contributed by atoms with Gasteiger partial charge in [-0.05, 0) is 17.7 Å². The first kappa shape index (κ1) is 17.4. The van der Waals surface area contributed by atoms with Crippen molar-refractivity contribution in [1.29, 1.82) is 5.26 Å². The molecule has 3 rings (SSSR count). The van der Waals surface area contributed by atoms with Gasteiger partial charge in [-0.15, -0.1) is 0 Å². The summed E-state index contributed by atoms with van der Waals surface area (Å²) in [5.74, 6) is -0.223. The zero-order valence-electron chi connectivity index (χ0n) is 14.5. The third kappa shape index (κ3) is 3.81. The van der Waals surface area contributed by atoms with Crippen LogP contribution in [-0.4, -0.2) is 79.0 Å². The number of carbonyl (C=O) groups is 2. The van der Waals surface area contributed by atoms with Crippen molar-refractivity contribution < 1.29 is 14.3 Å². The Labute approximate surface area is 147 Å². The first-order valence-electron chi connectivity index (χ1n) is 8.30. The SMILES string of the molecule is CN(C)C(=O)CN1C(=O)CO[C@@H]2CN(Cc3cccc(C#N)c3)C[C@H]21. The van der Waals surface area contributed by atoms with Crippen molar-refractivity contribution >= 4 is 11.8 Å². The second kappa shape index (κ2) is 7.21. The van der Waals surface area contributed by atoms with E-state index in [4.69, 9.17) is 10.00 Å². The van der Waals surface area contributed by atoms with E-state index in [-0.39, 0.29) is 37.1 Å². The van der Waals surface area contributed by atoms with Gasteiger partial charge in [0, 0.05) is 33.7 Å². The van der Waals surface area contributed by atoms with Crippen LogP contribution in [0.15, 0.2) is 24.3 Å². The Kier molecular flexibility index (Phi) is 5.02. The third-order valence-corrected chi connectivity index (χ3v) is 4.72. The second-order valence-electron chi connectivity index (χ2n) is 6.73. The van der Waals surface area contributed by atoms with Gasteiger partial charge >= 0.3 is 0 Å². The summed E-state index contributed by atoms with van der Waals surface area (Å²) in [6, 6.07) is 9.56. The Bertz CT molecular complexity index is 713. The molecule has 2 saturated heterocycles. The minimum Gasteiger partial charge on any atom is -0.365 e. The number of nitrogens with zero attached hydrogens (tertiary/aromatic N) is 4. The molecule has 1 aromatic carbocycles. The number of likely N-dealkylation sites (tertiary alicyclic amines) is 1. The number of morpholine rings is 1. The maximum absolute atomic E-state index is 12.2. The Morgan fingerprint density at radius 3 is 2.92 bits per heavy atom. The number of hydrogen-bond donors (Lipinski definition) is 0. The van der Waals surface area contributed by atoms with Gasteiger partial charge in [0.1, 0.15) is 13.2 Å². The van der Waals surface area contributed by atoms with Crippen molar-refractivity contribution in [1.82, 2.24) is 14.7 Å². The van der Waals surface area contributed by atoms with E-state index >= 15 is 0 Å². The summed E-state index contributed by atoms with van der Waals surface area (Å²) < 4.78 is 5.69. The van der Waals surface area contributed by atoms with Crippen LogP contribution < -0.4 is 0 Å². The molecule has 25 heavy (non-hydrogen) atoms. The van der Waals surface area contributed by atoms with Crippen molar-refractivity contribution in [3.8, 4) is 6.07 Å². The van der Waals surface area contributed by atoms with E-state index in [9.17, 15) is 9.59 Å². The molecule has 2 heterocycles. The molecule has 2 atom stereocenters. The molecule has 0 bridgehead atoms. The number of likely N-dealkylation sites (N-methyl/N-ethyl adjacent to an activating group) is 1. The maximum atomic E-state index is 12.2. The van der Waals surface area contributed by atoms with Gasteiger partial charge < -0.3 is 14.5 Å². The molecule has 7 nitrogen and oxygen atoms in total. The molecule has 0 unspecified atom stereocenters. The zero-order chi connectivity index (χ0) is 18.0. The minimum absolute atomic E-state index is 0.0274. The number of amides is 2. The smallest absolute Gasteiger partial charge is 0.249 e. The normalized spacial score (nSPS) is 23.2. The van der Waals surface area contributed by atoms with E-state index in [1.807, 2.05) is 18.2 Å². The molecule has 2 amide bonds. The van der Waals surface area contributed by atoms with Crippen LogP contribution in [0.4, 0.5) is 0 Å². The van der Waals surface area contributed by atoms with Gasteiger partial charge in [-0.2, -0.15) is 5.26 Å². The van der Waals surface area contributed by atoms with Crippen LogP contribution in [0.1, 0.15) is 11.1 Å². The van der Waals surface area contributed by atoms with E-state index in [0.29, 0.717) is 25.2 Å². The first-order valence-corrected chi connectivity index (χ1v) is 8.30. The molecule has 0 saturated carbocycles.